The maximum absolute atomic E-state index is 12.7. The van der Waals surface area contributed by atoms with Gasteiger partial charge in [0, 0.05) is 6.04 Å². The van der Waals surface area contributed by atoms with Crippen LogP contribution in [-0.4, -0.2) is 20.4 Å². The molecule has 0 saturated carbocycles. The summed E-state index contributed by atoms with van der Waals surface area (Å²) in [6.45, 7) is 7.54. The van der Waals surface area contributed by atoms with Crippen LogP contribution in [0.3, 0.4) is 0 Å². The van der Waals surface area contributed by atoms with E-state index in [4.69, 9.17) is 0 Å². The minimum absolute atomic E-state index is 0.0107. The van der Waals surface area contributed by atoms with Gasteiger partial charge >= 0.3 is 0 Å². The Morgan fingerprint density at radius 3 is 2.44 bits per heavy atom. The Labute approximate surface area is 149 Å². The fourth-order valence-corrected chi connectivity index (χ4v) is 3.78. The zero-order valence-electron chi connectivity index (χ0n) is 15.0. The molecule has 0 fully saturated rings. The third kappa shape index (κ3) is 4.60. The van der Waals surface area contributed by atoms with Crippen LogP contribution in [0.25, 0.3) is 0 Å². The molecule has 25 heavy (non-hydrogen) atoms. The highest BCUT2D eigenvalue weighted by Gasteiger charge is 2.20. The second-order valence-electron chi connectivity index (χ2n) is 6.20. The van der Waals surface area contributed by atoms with E-state index in [1.54, 1.807) is 43.3 Å². The lowest BCUT2D eigenvalue weighted by atomic mass is 10.1. The fraction of sp³-hybridized carbons (Fsp3) is 0.316. The largest absolute Gasteiger partial charge is 0.350 e. The molecular weight excluding hydrogens is 336 g/mol. The number of para-hydroxylation sites is 1. The Bertz CT molecular complexity index is 876. The van der Waals surface area contributed by atoms with Crippen molar-refractivity contribution in [1.82, 2.24) is 5.32 Å². The van der Waals surface area contributed by atoms with Gasteiger partial charge in [0.2, 0.25) is 0 Å². The minimum atomic E-state index is -3.78. The molecule has 0 heterocycles. The molecule has 0 aliphatic rings. The Hall–Kier alpha value is -2.34. The van der Waals surface area contributed by atoms with E-state index < -0.39 is 10.0 Å². The van der Waals surface area contributed by atoms with Crippen molar-refractivity contribution < 1.29 is 13.2 Å². The fourth-order valence-electron chi connectivity index (χ4n) is 2.47. The van der Waals surface area contributed by atoms with E-state index in [0.717, 1.165) is 12.0 Å². The smallest absolute Gasteiger partial charge is 0.262 e. The van der Waals surface area contributed by atoms with Crippen molar-refractivity contribution in [2.45, 2.75) is 45.1 Å². The van der Waals surface area contributed by atoms with Crippen molar-refractivity contribution in [1.29, 1.82) is 0 Å². The highest BCUT2D eigenvalue weighted by atomic mass is 32.2. The molecule has 5 nitrogen and oxygen atoms in total. The molecule has 134 valence electrons. The number of hydrogen-bond donors (Lipinski definition) is 2. The highest BCUT2D eigenvalue weighted by molar-refractivity contribution is 7.92. The van der Waals surface area contributed by atoms with E-state index >= 15 is 0 Å². The van der Waals surface area contributed by atoms with E-state index in [9.17, 15) is 13.2 Å². The minimum Gasteiger partial charge on any atom is -0.350 e. The predicted molar refractivity (Wildman–Crippen MR) is 100 cm³/mol. The molecule has 0 aliphatic carbocycles. The van der Waals surface area contributed by atoms with Gasteiger partial charge in [-0.15, -0.1) is 0 Å². The zero-order valence-corrected chi connectivity index (χ0v) is 15.8. The summed E-state index contributed by atoms with van der Waals surface area (Å²) >= 11 is 0. The van der Waals surface area contributed by atoms with Gasteiger partial charge in [-0.25, -0.2) is 8.42 Å². The standard InChI is InChI=1S/C19H24N2O3S/c1-5-15(4)20-19(22)16-8-6-7-9-17(16)21-25(23,24)18-11-10-13(2)12-14(18)3/h6-12,15,21H,5H2,1-4H3,(H,20,22)/t15-/m0/s1. The Morgan fingerprint density at radius 1 is 1.12 bits per heavy atom. The maximum atomic E-state index is 12.7. The Morgan fingerprint density at radius 2 is 1.80 bits per heavy atom. The van der Waals surface area contributed by atoms with E-state index in [2.05, 4.69) is 10.0 Å². The number of amides is 1. The van der Waals surface area contributed by atoms with Crippen molar-refractivity contribution in [3.8, 4) is 0 Å². The molecule has 0 bridgehead atoms. The average molecular weight is 360 g/mol. The maximum Gasteiger partial charge on any atom is 0.262 e. The molecule has 2 rings (SSSR count). The van der Waals surface area contributed by atoms with Crippen molar-refractivity contribution in [3.05, 3.63) is 59.2 Å². The zero-order chi connectivity index (χ0) is 18.6. The van der Waals surface area contributed by atoms with Gasteiger partial charge in [-0.3, -0.25) is 9.52 Å². The lowest BCUT2D eigenvalue weighted by molar-refractivity contribution is 0.0940. The second-order valence-corrected chi connectivity index (χ2v) is 7.85. The van der Waals surface area contributed by atoms with Crippen LogP contribution in [0.5, 0.6) is 0 Å². The Kier molecular flexibility index (Phi) is 5.85. The van der Waals surface area contributed by atoms with Crippen LogP contribution in [0.2, 0.25) is 0 Å². The third-order valence-corrected chi connectivity index (χ3v) is 5.55. The van der Waals surface area contributed by atoms with E-state index in [0.29, 0.717) is 11.1 Å². The quantitative estimate of drug-likeness (QED) is 0.826. The number of hydrogen-bond acceptors (Lipinski definition) is 3. The number of nitrogens with one attached hydrogen (secondary N) is 2. The first kappa shape index (κ1) is 19.0. The summed E-state index contributed by atoms with van der Waals surface area (Å²) in [4.78, 5) is 12.6. The number of benzene rings is 2. The molecule has 0 spiro atoms. The predicted octanol–water partition coefficient (Wildman–Crippen LogP) is 3.63. The summed E-state index contributed by atoms with van der Waals surface area (Å²) in [6, 6.07) is 11.8. The van der Waals surface area contributed by atoms with E-state index in [1.165, 1.54) is 0 Å². The molecule has 2 N–H and O–H groups in total. The first-order valence-corrected chi connectivity index (χ1v) is 9.73. The second kappa shape index (κ2) is 7.70. The summed E-state index contributed by atoms with van der Waals surface area (Å²) < 4.78 is 28.0. The van der Waals surface area contributed by atoms with Crippen LogP contribution >= 0.6 is 0 Å². The van der Waals surface area contributed by atoms with Crippen molar-refractivity contribution in [3.63, 3.8) is 0 Å². The SMILES string of the molecule is CC[C@H](C)NC(=O)c1ccccc1NS(=O)(=O)c1ccc(C)cc1C. The van der Waals surface area contributed by atoms with Gasteiger partial charge in [0.25, 0.3) is 15.9 Å². The van der Waals surface area contributed by atoms with Gasteiger partial charge in [-0.2, -0.15) is 0 Å². The van der Waals surface area contributed by atoms with Crippen LogP contribution in [0.4, 0.5) is 5.69 Å². The van der Waals surface area contributed by atoms with Crippen molar-refractivity contribution in [2.24, 2.45) is 0 Å². The van der Waals surface area contributed by atoms with E-state index in [-0.39, 0.29) is 22.5 Å². The van der Waals surface area contributed by atoms with Crippen LogP contribution in [0.1, 0.15) is 41.8 Å². The van der Waals surface area contributed by atoms with E-state index in [1.807, 2.05) is 26.8 Å². The molecule has 0 unspecified atom stereocenters. The molecule has 1 atom stereocenters. The molecule has 0 saturated heterocycles. The van der Waals surface area contributed by atoms with Crippen LogP contribution in [0, 0.1) is 13.8 Å². The van der Waals surface area contributed by atoms with Gasteiger partial charge in [0.1, 0.15) is 0 Å². The molecule has 6 heteroatoms. The number of aryl methyl sites for hydroxylation is 2. The lowest BCUT2D eigenvalue weighted by Crippen LogP contribution is -2.32. The topological polar surface area (TPSA) is 75.3 Å². The normalized spacial score (nSPS) is 12.5. The van der Waals surface area contributed by atoms with Crippen LogP contribution in [0.15, 0.2) is 47.4 Å². The van der Waals surface area contributed by atoms with Crippen molar-refractivity contribution in [2.75, 3.05) is 4.72 Å². The molecule has 2 aromatic carbocycles. The summed E-state index contributed by atoms with van der Waals surface area (Å²) in [5.41, 5.74) is 2.22. The molecule has 0 aromatic heterocycles. The number of anilines is 1. The van der Waals surface area contributed by atoms with Crippen LogP contribution < -0.4 is 10.0 Å². The Balaban J connectivity index is 2.35. The number of sulfonamides is 1. The van der Waals surface area contributed by atoms with Gasteiger partial charge < -0.3 is 5.32 Å². The molecule has 0 aliphatic heterocycles. The van der Waals surface area contributed by atoms with Crippen molar-refractivity contribution >= 4 is 21.6 Å². The molecule has 1 amide bonds. The first-order valence-electron chi connectivity index (χ1n) is 8.24. The van der Waals surface area contributed by atoms with Gasteiger partial charge in [-0.1, -0.05) is 36.8 Å². The highest BCUT2D eigenvalue weighted by Crippen LogP contribution is 2.23. The third-order valence-electron chi connectivity index (χ3n) is 4.03. The average Bonchev–Trinajstić information content (AvgIpc) is 2.54. The summed E-state index contributed by atoms with van der Waals surface area (Å²) in [5.74, 6) is -0.298. The molecular formula is C19H24N2O3S. The summed E-state index contributed by atoms with van der Waals surface area (Å²) in [6.07, 6.45) is 0.794. The monoisotopic (exact) mass is 360 g/mol. The number of rotatable bonds is 6. The summed E-state index contributed by atoms with van der Waals surface area (Å²) in [5, 5.41) is 2.86. The van der Waals surface area contributed by atoms with Gasteiger partial charge in [-0.05, 0) is 51.0 Å². The molecule has 0 radical (unpaired) electrons. The number of carbonyl (C=O) groups excluding carboxylic acids is 1. The summed E-state index contributed by atoms with van der Waals surface area (Å²) in [7, 11) is -3.78. The van der Waals surface area contributed by atoms with Gasteiger partial charge in [0.05, 0.1) is 16.1 Å². The number of carbonyl (C=O) groups is 1. The van der Waals surface area contributed by atoms with Crippen LogP contribution in [-0.2, 0) is 10.0 Å². The first-order chi connectivity index (χ1) is 11.7. The lowest BCUT2D eigenvalue weighted by Gasteiger charge is -2.16. The molecule has 2 aromatic rings. The van der Waals surface area contributed by atoms with Gasteiger partial charge in [0.15, 0.2) is 0 Å².